The van der Waals surface area contributed by atoms with Crippen molar-refractivity contribution in [2.24, 2.45) is 0 Å². The molecule has 0 saturated heterocycles. The zero-order chi connectivity index (χ0) is 20.1. The third-order valence-electron chi connectivity index (χ3n) is 5.75. The second kappa shape index (κ2) is 6.58. The van der Waals surface area contributed by atoms with Gasteiger partial charge in [-0.3, -0.25) is 4.79 Å². The molecule has 3 aromatic heterocycles. The number of benzene rings is 1. The SMILES string of the molecule is Cc1ccc2nc3c(n2c1)C(c1c(C)nn(-c2ccccc2)c1C)CC(=O)NC3. The van der Waals surface area contributed by atoms with Crippen LogP contribution in [0.5, 0.6) is 0 Å². The van der Waals surface area contributed by atoms with Gasteiger partial charge in [0.05, 0.1) is 29.3 Å². The van der Waals surface area contributed by atoms with Crippen LogP contribution in [0.25, 0.3) is 11.3 Å². The number of carbonyl (C=O) groups excluding carboxylic acids is 1. The molecule has 1 aromatic carbocycles. The van der Waals surface area contributed by atoms with E-state index < -0.39 is 0 Å². The lowest BCUT2D eigenvalue weighted by molar-refractivity contribution is -0.121. The zero-order valence-electron chi connectivity index (χ0n) is 16.8. The molecule has 6 heteroatoms. The van der Waals surface area contributed by atoms with E-state index in [-0.39, 0.29) is 11.8 Å². The van der Waals surface area contributed by atoms with Crippen LogP contribution < -0.4 is 5.32 Å². The number of para-hydroxylation sites is 1. The first kappa shape index (κ1) is 17.7. The van der Waals surface area contributed by atoms with Gasteiger partial charge in [0.15, 0.2) is 0 Å². The van der Waals surface area contributed by atoms with Crippen LogP contribution in [0.3, 0.4) is 0 Å². The molecule has 0 aliphatic carbocycles. The quantitative estimate of drug-likeness (QED) is 0.573. The molecule has 0 saturated carbocycles. The summed E-state index contributed by atoms with van der Waals surface area (Å²) in [5, 5.41) is 7.83. The van der Waals surface area contributed by atoms with E-state index in [2.05, 4.69) is 35.8 Å². The predicted molar refractivity (Wildman–Crippen MR) is 111 cm³/mol. The third-order valence-corrected chi connectivity index (χ3v) is 5.75. The van der Waals surface area contributed by atoms with Crippen LogP contribution in [0.2, 0.25) is 0 Å². The Hall–Kier alpha value is -3.41. The lowest BCUT2D eigenvalue weighted by atomic mass is 9.90. The largest absolute Gasteiger partial charge is 0.350 e. The molecule has 1 amide bonds. The van der Waals surface area contributed by atoms with E-state index in [9.17, 15) is 4.79 Å². The van der Waals surface area contributed by atoms with Crippen molar-refractivity contribution in [3.63, 3.8) is 0 Å². The van der Waals surface area contributed by atoms with E-state index in [1.807, 2.05) is 48.0 Å². The van der Waals surface area contributed by atoms with Crippen LogP contribution in [-0.4, -0.2) is 25.1 Å². The lowest BCUT2D eigenvalue weighted by Gasteiger charge is -2.17. The first-order valence-electron chi connectivity index (χ1n) is 9.88. The Morgan fingerprint density at radius 1 is 1.07 bits per heavy atom. The van der Waals surface area contributed by atoms with Gasteiger partial charge in [-0.05, 0) is 44.5 Å². The second-order valence-electron chi connectivity index (χ2n) is 7.74. The molecule has 1 unspecified atom stereocenters. The fourth-order valence-electron chi connectivity index (χ4n) is 4.47. The van der Waals surface area contributed by atoms with Crippen molar-refractivity contribution in [1.82, 2.24) is 24.5 Å². The molecule has 1 aliphatic rings. The molecule has 0 spiro atoms. The van der Waals surface area contributed by atoms with Crippen molar-refractivity contribution in [2.75, 3.05) is 0 Å². The number of hydrogen-bond donors (Lipinski definition) is 1. The van der Waals surface area contributed by atoms with Crippen molar-refractivity contribution in [3.05, 3.63) is 82.6 Å². The van der Waals surface area contributed by atoms with E-state index >= 15 is 0 Å². The molecule has 1 atom stereocenters. The summed E-state index contributed by atoms with van der Waals surface area (Å²) in [6, 6.07) is 14.2. The summed E-state index contributed by atoms with van der Waals surface area (Å²) in [6.07, 6.45) is 2.49. The molecule has 1 aliphatic heterocycles. The van der Waals surface area contributed by atoms with Gasteiger partial charge in [0.2, 0.25) is 5.91 Å². The first-order valence-corrected chi connectivity index (χ1v) is 9.88. The molecule has 0 fully saturated rings. The number of fused-ring (bicyclic) bond motifs is 3. The minimum absolute atomic E-state index is 0.0423. The molecule has 4 aromatic rings. The molecule has 0 radical (unpaired) electrons. The summed E-state index contributed by atoms with van der Waals surface area (Å²) >= 11 is 0. The Bertz CT molecular complexity index is 1240. The maximum Gasteiger partial charge on any atom is 0.221 e. The van der Waals surface area contributed by atoms with E-state index in [1.165, 1.54) is 0 Å². The van der Waals surface area contributed by atoms with Crippen molar-refractivity contribution in [2.45, 2.75) is 39.7 Å². The third kappa shape index (κ3) is 2.83. The maximum atomic E-state index is 12.6. The van der Waals surface area contributed by atoms with Gasteiger partial charge < -0.3 is 9.72 Å². The summed E-state index contributed by atoms with van der Waals surface area (Å²) in [5.41, 5.74) is 8.21. The predicted octanol–water partition coefficient (Wildman–Crippen LogP) is 3.60. The number of aryl methyl sites for hydroxylation is 2. The summed E-state index contributed by atoms with van der Waals surface area (Å²) in [6.45, 7) is 6.64. The average molecular weight is 385 g/mol. The summed E-state index contributed by atoms with van der Waals surface area (Å²) in [7, 11) is 0. The smallest absolute Gasteiger partial charge is 0.221 e. The number of aromatic nitrogens is 4. The summed E-state index contributed by atoms with van der Waals surface area (Å²) in [4.78, 5) is 17.4. The normalized spacial score (nSPS) is 16.5. The van der Waals surface area contributed by atoms with E-state index in [4.69, 9.17) is 10.1 Å². The molecule has 29 heavy (non-hydrogen) atoms. The molecular weight excluding hydrogens is 362 g/mol. The van der Waals surface area contributed by atoms with Crippen LogP contribution in [0.4, 0.5) is 0 Å². The van der Waals surface area contributed by atoms with Gasteiger partial charge in [0.25, 0.3) is 0 Å². The second-order valence-corrected chi connectivity index (χ2v) is 7.74. The van der Waals surface area contributed by atoms with Gasteiger partial charge >= 0.3 is 0 Å². The van der Waals surface area contributed by atoms with Crippen LogP contribution in [-0.2, 0) is 11.3 Å². The summed E-state index contributed by atoms with van der Waals surface area (Å²) in [5.74, 6) is -0.0533. The Kier molecular flexibility index (Phi) is 4.01. The molecular formula is C23H23N5O. The maximum absolute atomic E-state index is 12.6. The van der Waals surface area contributed by atoms with Gasteiger partial charge in [-0.15, -0.1) is 0 Å². The Balaban J connectivity index is 1.74. The number of rotatable bonds is 2. The fourth-order valence-corrected chi connectivity index (χ4v) is 4.47. The molecule has 0 bridgehead atoms. The highest BCUT2D eigenvalue weighted by Crippen LogP contribution is 2.37. The van der Waals surface area contributed by atoms with E-state index in [0.29, 0.717) is 13.0 Å². The van der Waals surface area contributed by atoms with Gasteiger partial charge in [-0.2, -0.15) is 5.10 Å². The van der Waals surface area contributed by atoms with Crippen molar-refractivity contribution >= 4 is 11.6 Å². The highest BCUT2D eigenvalue weighted by atomic mass is 16.1. The highest BCUT2D eigenvalue weighted by Gasteiger charge is 2.32. The van der Waals surface area contributed by atoms with Gasteiger partial charge in [-0.25, -0.2) is 9.67 Å². The Morgan fingerprint density at radius 3 is 2.66 bits per heavy atom. The van der Waals surface area contributed by atoms with Crippen LogP contribution in [0, 0.1) is 20.8 Å². The summed E-state index contributed by atoms with van der Waals surface area (Å²) < 4.78 is 4.12. The van der Waals surface area contributed by atoms with E-state index in [1.54, 1.807) is 0 Å². The average Bonchev–Trinajstić information content (AvgIpc) is 3.16. The first-order chi connectivity index (χ1) is 14.0. The number of nitrogens with zero attached hydrogens (tertiary/aromatic N) is 4. The van der Waals surface area contributed by atoms with Crippen LogP contribution in [0.15, 0.2) is 48.7 Å². The van der Waals surface area contributed by atoms with Crippen molar-refractivity contribution < 1.29 is 4.79 Å². The Morgan fingerprint density at radius 2 is 1.86 bits per heavy atom. The Labute approximate surface area is 169 Å². The number of carbonyl (C=O) groups is 1. The number of nitrogens with one attached hydrogen (secondary N) is 1. The minimum Gasteiger partial charge on any atom is -0.350 e. The number of pyridine rings is 1. The van der Waals surface area contributed by atoms with Crippen LogP contribution >= 0.6 is 0 Å². The zero-order valence-corrected chi connectivity index (χ0v) is 16.8. The minimum atomic E-state index is -0.0956. The topological polar surface area (TPSA) is 64.2 Å². The molecule has 5 rings (SSSR count). The van der Waals surface area contributed by atoms with Gasteiger partial charge in [0, 0.05) is 29.8 Å². The monoisotopic (exact) mass is 385 g/mol. The number of amides is 1. The molecule has 6 nitrogen and oxygen atoms in total. The van der Waals surface area contributed by atoms with Gasteiger partial charge in [-0.1, -0.05) is 24.3 Å². The molecule has 146 valence electrons. The number of imidazole rings is 1. The van der Waals surface area contributed by atoms with Gasteiger partial charge in [0.1, 0.15) is 5.65 Å². The van der Waals surface area contributed by atoms with E-state index in [0.717, 1.165) is 45.2 Å². The van der Waals surface area contributed by atoms with Crippen molar-refractivity contribution in [3.8, 4) is 5.69 Å². The van der Waals surface area contributed by atoms with Crippen molar-refractivity contribution in [1.29, 1.82) is 0 Å². The highest BCUT2D eigenvalue weighted by molar-refractivity contribution is 5.78. The lowest BCUT2D eigenvalue weighted by Crippen LogP contribution is -2.21. The molecule has 1 N–H and O–H groups in total. The van der Waals surface area contributed by atoms with Crippen LogP contribution in [0.1, 0.15) is 46.2 Å². The fraction of sp³-hybridized carbons (Fsp3) is 0.261. The molecule has 4 heterocycles. The standard InChI is InChI=1S/C23H23N5O/c1-14-9-10-20-25-19-12-24-21(29)11-18(23(19)27(20)13-14)22-15(2)26-28(16(22)3)17-7-5-4-6-8-17/h4-10,13,18H,11-12H2,1-3H3,(H,24,29). The number of hydrogen-bond acceptors (Lipinski definition) is 3.